The fourth-order valence-corrected chi connectivity index (χ4v) is 4.87. The highest BCUT2D eigenvalue weighted by atomic mass is 35.5. The average Bonchev–Trinajstić information content (AvgIpc) is 3.10. The molecule has 7 heteroatoms. The first kappa shape index (κ1) is 22.1. The molecule has 5 rings (SSSR count). The predicted molar refractivity (Wildman–Crippen MR) is 140 cm³/mol. The van der Waals surface area contributed by atoms with Crippen LogP contribution in [0.1, 0.15) is 17.0 Å². The van der Waals surface area contributed by atoms with E-state index in [-0.39, 0.29) is 10.7 Å². The van der Waals surface area contributed by atoms with Crippen molar-refractivity contribution in [2.45, 2.75) is 13.8 Å². The van der Waals surface area contributed by atoms with E-state index in [1.54, 1.807) is 30.3 Å². The second-order valence-corrected chi connectivity index (χ2v) is 8.86. The van der Waals surface area contributed by atoms with Crippen LogP contribution in [0.4, 0.5) is 5.69 Å². The molecule has 5 nitrogen and oxygen atoms in total. The summed E-state index contributed by atoms with van der Waals surface area (Å²) in [7, 11) is 0. The minimum Gasteiger partial charge on any atom is -0.317 e. The lowest BCUT2D eigenvalue weighted by Gasteiger charge is -2.29. The van der Waals surface area contributed by atoms with E-state index >= 15 is 0 Å². The van der Waals surface area contributed by atoms with Crippen molar-refractivity contribution in [3.8, 4) is 5.69 Å². The number of benzene rings is 3. The number of carbonyl (C=O) groups excluding carboxylic acids is 2. The Balaban J connectivity index is 1.61. The van der Waals surface area contributed by atoms with Crippen molar-refractivity contribution in [1.29, 1.82) is 0 Å². The Morgan fingerprint density at radius 2 is 1.59 bits per heavy atom. The van der Waals surface area contributed by atoms with E-state index in [1.807, 2.05) is 38.1 Å². The maximum Gasteiger partial charge on any atom is 0.270 e. The van der Waals surface area contributed by atoms with E-state index in [2.05, 4.69) is 34.1 Å². The second-order valence-electron chi connectivity index (χ2n) is 8.07. The van der Waals surface area contributed by atoms with E-state index in [0.717, 1.165) is 33.4 Å². The Labute approximate surface area is 207 Å². The molecule has 0 radical (unpaired) electrons. The summed E-state index contributed by atoms with van der Waals surface area (Å²) < 4.78 is 2.14. The molecule has 2 amide bonds. The van der Waals surface area contributed by atoms with Gasteiger partial charge < -0.3 is 4.57 Å². The summed E-state index contributed by atoms with van der Waals surface area (Å²) >= 11 is 11.6. The lowest BCUT2D eigenvalue weighted by atomic mass is 10.1. The zero-order valence-corrected chi connectivity index (χ0v) is 20.1. The number of thiocarbonyl (C=S) groups is 1. The Bertz CT molecular complexity index is 1530. The molecule has 34 heavy (non-hydrogen) atoms. The van der Waals surface area contributed by atoms with Crippen molar-refractivity contribution in [1.82, 2.24) is 9.88 Å². The normalized spacial score (nSPS) is 15.3. The van der Waals surface area contributed by atoms with Gasteiger partial charge in [-0.25, -0.2) is 0 Å². The van der Waals surface area contributed by atoms with Crippen LogP contribution in [0.25, 0.3) is 22.5 Å². The minimum atomic E-state index is -0.534. The molecule has 0 bridgehead atoms. The number of rotatable bonds is 3. The molecule has 1 N–H and O–H groups in total. The van der Waals surface area contributed by atoms with Gasteiger partial charge in [0.25, 0.3) is 11.8 Å². The van der Waals surface area contributed by atoms with E-state index in [4.69, 9.17) is 23.8 Å². The van der Waals surface area contributed by atoms with Gasteiger partial charge in [-0.1, -0.05) is 60.1 Å². The Morgan fingerprint density at radius 3 is 2.38 bits per heavy atom. The lowest BCUT2D eigenvalue weighted by Crippen LogP contribution is -2.54. The number of carbonyl (C=O) groups is 2. The van der Waals surface area contributed by atoms with Crippen molar-refractivity contribution >= 4 is 63.3 Å². The highest BCUT2D eigenvalue weighted by molar-refractivity contribution is 7.80. The third-order valence-corrected chi connectivity index (χ3v) is 6.58. The molecule has 1 saturated heterocycles. The van der Waals surface area contributed by atoms with Crippen molar-refractivity contribution in [3.05, 3.63) is 100 Å². The van der Waals surface area contributed by atoms with Gasteiger partial charge in [-0.2, -0.15) is 0 Å². The fraction of sp³-hybridized carbons (Fsp3) is 0.0741. The fourth-order valence-electron chi connectivity index (χ4n) is 4.37. The summed E-state index contributed by atoms with van der Waals surface area (Å²) in [5.41, 5.74) is 4.13. The molecule has 0 atom stereocenters. The molecule has 1 fully saturated rings. The van der Waals surface area contributed by atoms with Crippen LogP contribution in [0.5, 0.6) is 0 Å². The Morgan fingerprint density at radius 1 is 0.912 bits per heavy atom. The molecular formula is C27H20ClN3O2S. The van der Waals surface area contributed by atoms with Crippen LogP contribution < -0.4 is 10.2 Å². The van der Waals surface area contributed by atoms with Crippen LogP contribution in [0, 0.1) is 13.8 Å². The highest BCUT2D eigenvalue weighted by Gasteiger charge is 2.35. The molecule has 0 aliphatic carbocycles. The van der Waals surface area contributed by atoms with Gasteiger partial charge in [-0.15, -0.1) is 0 Å². The average molecular weight is 486 g/mol. The Hall–Kier alpha value is -3.74. The van der Waals surface area contributed by atoms with Gasteiger partial charge >= 0.3 is 0 Å². The first-order valence-corrected chi connectivity index (χ1v) is 11.5. The number of fused-ring (bicyclic) bond motifs is 1. The third-order valence-electron chi connectivity index (χ3n) is 5.97. The summed E-state index contributed by atoms with van der Waals surface area (Å²) in [6.07, 6.45) is 1.62. The molecule has 1 aliphatic heterocycles. The topological polar surface area (TPSA) is 54.3 Å². The summed E-state index contributed by atoms with van der Waals surface area (Å²) in [5, 5.41) is 5.24. The molecule has 168 valence electrons. The molecule has 0 saturated carbocycles. The van der Waals surface area contributed by atoms with Crippen LogP contribution in [0.15, 0.2) is 78.4 Å². The van der Waals surface area contributed by atoms with Gasteiger partial charge in [0.15, 0.2) is 5.11 Å². The van der Waals surface area contributed by atoms with E-state index in [0.29, 0.717) is 10.7 Å². The SMILES string of the molecule is Cc1cc(/C=C2\C(=O)NC(=S)N(c3ccccc3Cl)C2=O)c(C)n1-c1cccc2ccccc12. The van der Waals surface area contributed by atoms with E-state index < -0.39 is 11.8 Å². The van der Waals surface area contributed by atoms with Crippen molar-refractivity contribution < 1.29 is 9.59 Å². The Kier molecular flexibility index (Phi) is 5.55. The van der Waals surface area contributed by atoms with E-state index in [1.165, 1.54) is 4.90 Å². The van der Waals surface area contributed by atoms with Crippen LogP contribution in [-0.2, 0) is 9.59 Å². The number of anilines is 1. The minimum absolute atomic E-state index is 0.00137. The molecule has 2 heterocycles. The van der Waals surface area contributed by atoms with Gasteiger partial charge in [0, 0.05) is 16.8 Å². The lowest BCUT2D eigenvalue weighted by molar-refractivity contribution is -0.122. The van der Waals surface area contributed by atoms with Crippen molar-refractivity contribution in [3.63, 3.8) is 0 Å². The van der Waals surface area contributed by atoms with Crippen molar-refractivity contribution in [2.24, 2.45) is 0 Å². The van der Waals surface area contributed by atoms with Gasteiger partial charge in [0.2, 0.25) is 0 Å². The second kappa shape index (κ2) is 8.56. The quantitative estimate of drug-likeness (QED) is 0.229. The number of amides is 2. The number of aryl methyl sites for hydroxylation is 1. The molecule has 1 aliphatic rings. The standard InChI is InChI=1S/C27H20ClN3O2S/c1-16-14-19(17(2)30(16)23-13-7-9-18-8-3-4-10-20(18)23)15-21-25(32)29-27(34)31(26(21)33)24-12-6-5-11-22(24)28/h3-15H,1-2H3,(H,29,32,34)/b21-15+. The molecule has 4 aromatic rings. The third kappa shape index (κ3) is 3.61. The van der Waals surface area contributed by atoms with Gasteiger partial charge in [-0.3, -0.25) is 19.8 Å². The molecule has 3 aromatic carbocycles. The summed E-state index contributed by atoms with van der Waals surface area (Å²) in [6.45, 7) is 3.98. The summed E-state index contributed by atoms with van der Waals surface area (Å²) in [5.74, 6) is -1.05. The highest BCUT2D eigenvalue weighted by Crippen LogP contribution is 2.31. The maximum absolute atomic E-state index is 13.4. The summed E-state index contributed by atoms with van der Waals surface area (Å²) in [6, 6.07) is 23.2. The summed E-state index contributed by atoms with van der Waals surface area (Å²) in [4.78, 5) is 27.4. The number of hydrogen-bond acceptors (Lipinski definition) is 3. The largest absolute Gasteiger partial charge is 0.317 e. The molecule has 1 aromatic heterocycles. The van der Waals surface area contributed by atoms with Gasteiger partial charge in [-0.05, 0) is 67.4 Å². The van der Waals surface area contributed by atoms with Gasteiger partial charge in [0.05, 0.1) is 16.4 Å². The first-order valence-electron chi connectivity index (χ1n) is 10.7. The van der Waals surface area contributed by atoms with Crippen LogP contribution >= 0.6 is 23.8 Å². The predicted octanol–water partition coefficient (Wildman–Crippen LogP) is 5.73. The number of nitrogens with one attached hydrogen (secondary N) is 1. The molecular weight excluding hydrogens is 466 g/mol. The van der Waals surface area contributed by atoms with Crippen LogP contribution in [-0.4, -0.2) is 21.5 Å². The number of aromatic nitrogens is 1. The van der Waals surface area contributed by atoms with Crippen LogP contribution in [0.2, 0.25) is 5.02 Å². The zero-order valence-electron chi connectivity index (χ0n) is 18.5. The number of hydrogen-bond donors (Lipinski definition) is 1. The van der Waals surface area contributed by atoms with E-state index in [9.17, 15) is 9.59 Å². The molecule has 0 unspecified atom stereocenters. The molecule has 0 spiro atoms. The monoisotopic (exact) mass is 485 g/mol. The van der Waals surface area contributed by atoms with Gasteiger partial charge in [0.1, 0.15) is 5.57 Å². The van der Waals surface area contributed by atoms with Crippen LogP contribution in [0.3, 0.4) is 0 Å². The first-order chi connectivity index (χ1) is 16.4. The maximum atomic E-state index is 13.4. The number of nitrogens with zero attached hydrogens (tertiary/aromatic N) is 2. The number of para-hydroxylation sites is 1. The number of halogens is 1. The van der Waals surface area contributed by atoms with Crippen molar-refractivity contribution in [2.75, 3.05) is 4.90 Å². The smallest absolute Gasteiger partial charge is 0.270 e. The zero-order chi connectivity index (χ0) is 24.0.